The fourth-order valence-corrected chi connectivity index (χ4v) is 3.78. The Hall–Kier alpha value is -2.89. The first-order chi connectivity index (χ1) is 14.1. The van der Waals surface area contributed by atoms with Crippen LogP contribution in [-0.4, -0.2) is 33.3 Å². The van der Waals surface area contributed by atoms with Crippen LogP contribution in [0.4, 0.5) is 16.2 Å². The Morgan fingerprint density at radius 1 is 1.00 bits per heavy atom. The van der Waals surface area contributed by atoms with Crippen LogP contribution in [0.2, 0.25) is 0 Å². The van der Waals surface area contributed by atoms with Crippen molar-refractivity contribution in [2.24, 2.45) is 0 Å². The number of anilines is 2. The van der Waals surface area contributed by atoms with E-state index < -0.39 is 0 Å². The van der Waals surface area contributed by atoms with Gasteiger partial charge in [-0.25, -0.2) is 4.79 Å². The van der Waals surface area contributed by atoms with E-state index in [-0.39, 0.29) is 12.1 Å². The topological polar surface area (TPSA) is 62.8 Å². The third-order valence-electron chi connectivity index (χ3n) is 5.35. The van der Waals surface area contributed by atoms with Gasteiger partial charge in [-0.3, -0.25) is 0 Å². The van der Waals surface area contributed by atoms with Gasteiger partial charge in [0.25, 0.3) is 0 Å². The molecule has 0 unspecified atom stereocenters. The van der Waals surface area contributed by atoms with Crippen LogP contribution in [0.3, 0.4) is 0 Å². The lowest BCUT2D eigenvalue weighted by Crippen LogP contribution is -2.32. The summed E-state index contributed by atoms with van der Waals surface area (Å²) in [5.41, 5.74) is 2.77. The maximum atomic E-state index is 12.7. The second-order valence-electron chi connectivity index (χ2n) is 7.35. The molecule has 2 amide bonds. The molecule has 3 rings (SSSR count). The highest BCUT2D eigenvalue weighted by Crippen LogP contribution is 2.30. The highest BCUT2D eigenvalue weighted by molar-refractivity contribution is 5.93. The van der Waals surface area contributed by atoms with E-state index in [0.29, 0.717) is 5.75 Å². The molecule has 29 heavy (non-hydrogen) atoms. The van der Waals surface area contributed by atoms with Gasteiger partial charge in [-0.2, -0.15) is 0 Å². The molecular weight excluding hydrogens is 366 g/mol. The van der Waals surface area contributed by atoms with Gasteiger partial charge in [0.1, 0.15) is 11.5 Å². The number of nitrogens with one attached hydrogen (secondary N) is 2. The van der Waals surface area contributed by atoms with Crippen molar-refractivity contribution >= 4 is 17.4 Å². The number of para-hydroxylation sites is 2. The lowest BCUT2D eigenvalue weighted by atomic mass is 10.1. The van der Waals surface area contributed by atoms with Crippen LogP contribution in [0.5, 0.6) is 11.5 Å². The van der Waals surface area contributed by atoms with Crippen LogP contribution in [-0.2, 0) is 0 Å². The number of methoxy groups -OCH3 is 2. The SMILES string of the molecule is COc1ccc(OC)c([C@@H](C)NC(=O)Nc2ccccc2N2CCCCCC2)c1. The molecule has 2 aromatic carbocycles. The number of nitrogens with zero attached hydrogens (tertiary/aromatic N) is 1. The molecule has 6 heteroatoms. The van der Waals surface area contributed by atoms with E-state index >= 15 is 0 Å². The Morgan fingerprint density at radius 2 is 1.72 bits per heavy atom. The number of benzene rings is 2. The number of ether oxygens (including phenoxy) is 2. The molecule has 0 aromatic heterocycles. The number of hydrogen-bond donors (Lipinski definition) is 2. The van der Waals surface area contributed by atoms with Gasteiger partial charge in [-0.15, -0.1) is 0 Å². The van der Waals surface area contributed by atoms with E-state index in [1.54, 1.807) is 14.2 Å². The maximum absolute atomic E-state index is 12.7. The van der Waals surface area contributed by atoms with Crippen molar-refractivity contribution in [3.8, 4) is 11.5 Å². The van der Waals surface area contributed by atoms with Crippen molar-refractivity contribution < 1.29 is 14.3 Å². The molecule has 156 valence electrons. The van der Waals surface area contributed by atoms with Crippen molar-refractivity contribution in [2.45, 2.75) is 38.6 Å². The standard InChI is InChI=1S/C23H31N3O3/c1-17(19-16-18(28-2)12-13-22(19)29-3)24-23(27)25-20-10-6-7-11-21(20)26-14-8-4-5-9-15-26/h6-7,10-13,16-17H,4-5,8-9,14-15H2,1-3H3,(H2,24,25,27)/t17-/m1/s1. The molecular formula is C23H31N3O3. The first kappa shape index (κ1) is 20.8. The largest absolute Gasteiger partial charge is 0.497 e. The van der Waals surface area contributed by atoms with Crippen molar-refractivity contribution in [3.63, 3.8) is 0 Å². The number of rotatable bonds is 6. The Morgan fingerprint density at radius 3 is 2.41 bits per heavy atom. The third-order valence-corrected chi connectivity index (χ3v) is 5.35. The molecule has 0 aliphatic carbocycles. The molecule has 2 aromatic rings. The van der Waals surface area contributed by atoms with Gasteiger partial charge in [-0.1, -0.05) is 25.0 Å². The minimum atomic E-state index is -0.246. The van der Waals surface area contributed by atoms with Crippen LogP contribution in [0.15, 0.2) is 42.5 Å². The molecule has 0 saturated carbocycles. The molecule has 0 bridgehead atoms. The van der Waals surface area contributed by atoms with Crippen LogP contribution in [0, 0.1) is 0 Å². The predicted molar refractivity (Wildman–Crippen MR) is 117 cm³/mol. The predicted octanol–water partition coefficient (Wildman–Crippen LogP) is 4.97. The number of urea groups is 1. The molecule has 2 N–H and O–H groups in total. The molecule has 6 nitrogen and oxygen atoms in total. The van der Waals surface area contributed by atoms with E-state index in [1.165, 1.54) is 25.7 Å². The van der Waals surface area contributed by atoms with E-state index in [2.05, 4.69) is 21.6 Å². The van der Waals surface area contributed by atoms with Gasteiger partial charge in [-0.05, 0) is 50.1 Å². The summed E-state index contributed by atoms with van der Waals surface area (Å²) in [6, 6.07) is 13.1. The zero-order chi connectivity index (χ0) is 20.6. The lowest BCUT2D eigenvalue weighted by Gasteiger charge is -2.26. The van der Waals surface area contributed by atoms with Crippen LogP contribution in [0.25, 0.3) is 0 Å². The van der Waals surface area contributed by atoms with Crippen molar-refractivity contribution in [3.05, 3.63) is 48.0 Å². The average molecular weight is 398 g/mol. The number of hydrogen-bond acceptors (Lipinski definition) is 4. The second kappa shape index (κ2) is 10.0. The Bertz CT molecular complexity index is 817. The average Bonchev–Trinajstić information content (AvgIpc) is 3.03. The van der Waals surface area contributed by atoms with E-state index in [0.717, 1.165) is 35.8 Å². The lowest BCUT2D eigenvalue weighted by molar-refractivity contribution is 0.249. The fraction of sp³-hybridized carbons (Fsp3) is 0.435. The van der Waals surface area contributed by atoms with Gasteiger partial charge in [0.2, 0.25) is 0 Å². The molecule has 1 saturated heterocycles. The van der Waals surface area contributed by atoms with Crippen molar-refractivity contribution in [2.75, 3.05) is 37.5 Å². The van der Waals surface area contributed by atoms with Gasteiger partial charge >= 0.3 is 6.03 Å². The van der Waals surface area contributed by atoms with E-state index in [4.69, 9.17) is 9.47 Å². The Labute approximate surface area is 173 Å². The molecule has 1 atom stereocenters. The summed E-state index contributed by atoms with van der Waals surface area (Å²) in [7, 11) is 3.24. The first-order valence-electron chi connectivity index (χ1n) is 10.3. The van der Waals surface area contributed by atoms with E-state index in [9.17, 15) is 4.79 Å². The van der Waals surface area contributed by atoms with Crippen LogP contribution >= 0.6 is 0 Å². The molecule has 1 aliphatic heterocycles. The molecule has 1 aliphatic rings. The number of carbonyl (C=O) groups is 1. The summed E-state index contributed by atoms with van der Waals surface area (Å²) in [6.07, 6.45) is 4.92. The minimum absolute atomic E-state index is 0.245. The Kier molecular flexibility index (Phi) is 7.22. The van der Waals surface area contributed by atoms with Crippen molar-refractivity contribution in [1.29, 1.82) is 0 Å². The highest BCUT2D eigenvalue weighted by atomic mass is 16.5. The molecule has 0 spiro atoms. The second-order valence-corrected chi connectivity index (χ2v) is 7.35. The summed E-state index contributed by atoms with van der Waals surface area (Å²) in [4.78, 5) is 15.1. The smallest absolute Gasteiger partial charge is 0.319 e. The maximum Gasteiger partial charge on any atom is 0.319 e. The van der Waals surface area contributed by atoms with E-state index in [1.807, 2.05) is 43.3 Å². The summed E-state index contributed by atoms with van der Waals surface area (Å²) < 4.78 is 10.8. The minimum Gasteiger partial charge on any atom is -0.497 e. The third kappa shape index (κ3) is 5.34. The molecule has 1 heterocycles. The Balaban J connectivity index is 1.71. The normalized spacial score (nSPS) is 15.2. The quantitative estimate of drug-likeness (QED) is 0.723. The number of carbonyl (C=O) groups excluding carboxylic acids is 1. The van der Waals surface area contributed by atoms with Crippen molar-refractivity contribution in [1.82, 2.24) is 5.32 Å². The first-order valence-corrected chi connectivity index (χ1v) is 10.3. The summed E-state index contributed by atoms with van der Waals surface area (Å²) in [5.74, 6) is 1.44. The summed E-state index contributed by atoms with van der Waals surface area (Å²) in [6.45, 7) is 3.98. The zero-order valence-electron chi connectivity index (χ0n) is 17.5. The monoisotopic (exact) mass is 397 g/mol. The summed E-state index contributed by atoms with van der Waals surface area (Å²) in [5, 5.41) is 6.04. The molecule has 0 radical (unpaired) electrons. The summed E-state index contributed by atoms with van der Waals surface area (Å²) >= 11 is 0. The van der Waals surface area contributed by atoms with Gasteiger partial charge in [0.05, 0.1) is 31.6 Å². The zero-order valence-corrected chi connectivity index (χ0v) is 17.5. The van der Waals surface area contributed by atoms with Gasteiger partial charge in [0, 0.05) is 18.7 Å². The fourth-order valence-electron chi connectivity index (χ4n) is 3.78. The van der Waals surface area contributed by atoms with Gasteiger partial charge in [0.15, 0.2) is 0 Å². The van der Waals surface area contributed by atoms with Crippen LogP contribution < -0.4 is 25.0 Å². The molecule has 1 fully saturated rings. The van der Waals surface area contributed by atoms with Gasteiger partial charge < -0.3 is 25.0 Å². The highest BCUT2D eigenvalue weighted by Gasteiger charge is 2.18. The van der Waals surface area contributed by atoms with Crippen LogP contribution in [0.1, 0.15) is 44.2 Å². The number of amides is 2.